The Kier molecular flexibility index (Phi) is 7.26. The molecule has 0 aliphatic carbocycles. The Balaban J connectivity index is 1.46. The predicted molar refractivity (Wildman–Crippen MR) is 107 cm³/mol. The lowest BCUT2D eigenvalue weighted by Gasteiger charge is -2.35. The lowest BCUT2D eigenvalue weighted by atomic mass is 10.0. The van der Waals surface area contributed by atoms with Gasteiger partial charge in [0.2, 0.25) is 5.91 Å². The van der Waals surface area contributed by atoms with Gasteiger partial charge in [0, 0.05) is 63.8 Å². The molecule has 0 saturated carbocycles. The third-order valence-corrected chi connectivity index (χ3v) is 4.98. The predicted octanol–water partition coefficient (Wildman–Crippen LogP) is 2.07. The van der Waals surface area contributed by atoms with Crippen molar-refractivity contribution in [1.29, 1.82) is 0 Å². The number of aromatic nitrogens is 1. The molecule has 1 fully saturated rings. The number of carboxylic acid groups (broad SMARTS) is 1. The summed E-state index contributed by atoms with van der Waals surface area (Å²) in [5.74, 6) is -2.56. The molecule has 3 rings (SSSR count). The Morgan fingerprint density at radius 2 is 1.79 bits per heavy atom. The van der Waals surface area contributed by atoms with Gasteiger partial charge in [0.1, 0.15) is 5.82 Å². The summed E-state index contributed by atoms with van der Waals surface area (Å²) in [5, 5.41) is 12.2. The molecule has 2 aromatic rings. The molecule has 0 radical (unpaired) electrons. The molecule has 1 aromatic heterocycles. The van der Waals surface area contributed by atoms with E-state index in [0.29, 0.717) is 12.2 Å². The first-order chi connectivity index (χ1) is 14.0. The van der Waals surface area contributed by atoms with Gasteiger partial charge in [0.05, 0.1) is 5.92 Å². The van der Waals surface area contributed by atoms with Crippen LogP contribution in [0, 0.1) is 11.7 Å². The lowest BCUT2D eigenvalue weighted by Crippen LogP contribution is -2.48. The molecule has 1 unspecified atom stereocenters. The number of carbonyl (C=O) groups excluding carboxylic acids is 1. The molecule has 1 amide bonds. The molecular formula is C21H25FN4O3. The smallest absolute Gasteiger partial charge is 0.308 e. The Bertz CT molecular complexity index is 808. The van der Waals surface area contributed by atoms with Crippen LogP contribution < -0.4 is 5.32 Å². The number of halogens is 1. The van der Waals surface area contributed by atoms with Gasteiger partial charge in [0.25, 0.3) is 0 Å². The van der Waals surface area contributed by atoms with E-state index in [9.17, 15) is 19.1 Å². The number of carbonyl (C=O) groups is 2. The normalized spacial score (nSPS) is 16.3. The highest BCUT2D eigenvalue weighted by molar-refractivity contribution is 5.93. The number of pyridine rings is 1. The SMILES string of the molecule is O=C(CC(CN1CCN(Cc2cccnc2)CC1)C(=O)O)Nc1ccc(F)cc1. The maximum absolute atomic E-state index is 12.9. The maximum Gasteiger partial charge on any atom is 0.308 e. The Labute approximate surface area is 169 Å². The zero-order valence-electron chi connectivity index (χ0n) is 16.1. The van der Waals surface area contributed by atoms with Gasteiger partial charge in [-0.25, -0.2) is 4.39 Å². The molecule has 7 nitrogen and oxygen atoms in total. The number of piperazine rings is 1. The highest BCUT2D eigenvalue weighted by Gasteiger charge is 2.26. The number of anilines is 1. The Morgan fingerprint density at radius 3 is 2.41 bits per heavy atom. The second kappa shape index (κ2) is 10.1. The third-order valence-electron chi connectivity index (χ3n) is 4.98. The average Bonchev–Trinajstić information content (AvgIpc) is 2.71. The summed E-state index contributed by atoms with van der Waals surface area (Å²) < 4.78 is 12.9. The van der Waals surface area contributed by atoms with Crippen LogP contribution in [-0.4, -0.2) is 64.5 Å². The van der Waals surface area contributed by atoms with E-state index in [-0.39, 0.29) is 12.3 Å². The second-order valence-electron chi connectivity index (χ2n) is 7.23. The number of hydrogen-bond donors (Lipinski definition) is 2. The van der Waals surface area contributed by atoms with Gasteiger partial charge in [-0.05, 0) is 35.9 Å². The molecule has 2 heterocycles. The molecule has 0 bridgehead atoms. The zero-order valence-corrected chi connectivity index (χ0v) is 16.1. The number of benzene rings is 1. The van der Waals surface area contributed by atoms with Crippen molar-refractivity contribution < 1.29 is 19.1 Å². The molecule has 29 heavy (non-hydrogen) atoms. The molecule has 1 atom stereocenters. The number of nitrogens with zero attached hydrogens (tertiary/aromatic N) is 3. The zero-order chi connectivity index (χ0) is 20.6. The quantitative estimate of drug-likeness (QED) is 0.706. The van der Waals surface area contributed by atoms with Crippen molar-refractivity contribution in [2.24, 2.45) is 5.92 Å². The second-order valence-corrected chi connectivity index (χ2v) is 7.23. The molecule has 1 aliphatic heterocycles. The summed E-state index contributed by atoms with van der Waals surface area (Å²) in [6.07, 6.45) is 3.48. The molecule has 1 aliphatic rings. The van der Waals surface area contributed by atoms with Crippen molar-refractivity contribution in [3.63, 3.8) is 0 Å². The summed E-state index contributed by atoms with van der Waals surface area (Å²) in [6, 6.07) is 9.35. The van der Waals surface area contributed by atoms with Gasteiger partial charge < -0.3 is 10.4 Å². The van der Waals surface area contributed by atoms with Crippen LogP contribution in [0.2, 0.25) is 0 Å². The molecule has 0 spiro atoms. The van der Waals surface area contributed by atoms with Gasteiger partial charge >= 0.3 is 5.97 Å². The van der Waals surface area contributed by atoms with Crippen LogP contribution in [0.5, 0.6) is 0 Å². The van der Waals surface area contributed by atoms with Crippen molar-refractivity contribution in [3.05, 3.63) is 60.2 Å². The number of hydrogen-bond acceptors (Lipinski definition) is 5. The maximum atomic E-state index is 12.9. The first-order valence-electron chi connectivity index (χ1n) is 9.61. The molecule has 1 aromatic carbocycles. The van der Waals surface area contributed by atoms with E-state index in [4.69, 9.17) is 0 Å². The van der Waals surface area contributed by atoms with E-state index < -0.39 is 17.7 Å². The Hall–Kier alpha value is -2.84. The fourth-order valence-electron chi connectivity index (χ4n) is 3.39. The van der Waals surface area contributed by atoms with Crippen molar-refractivity contribution >= 4 is 17.6 Å². The minimum absolute atomic E-state index is 0.122. The van der Waals surface area contributed by atoms with E-state index >= 15 is 0 Å². The topological polar surface area (TPSA) is 85.8 Å². The summed E-state index contributed by atoms with van der Waals surface area (Å²) in [4.78, 5) is 32.4. The number of carboxylic acids is 1. The first kappa shape index (κ1) is 20.9. The van der Waals surface area contributed by atoms with Gasteiger partial charge in [0.15, 0.2) is 0 Å². The lowest BCUT2D eigenvalue weighted by molar-refractivity contribution is -0.144. The van der Waals surface area contributed by atoms with Crippen LogP contribution >= 0.6 is 0 Å². The summed E-state index contributed by atoms with van der Waals surface area (Å²) in [5.41, 5.74) is 1.60. The highest BCUT2D eigenvalue weighted by atomic mass is 19.1. The fraction of sp³-hybridized carbons (Fsp3) is 0.381. The van der Waals surface area contributed by atoms with Crippen LogP contribution in [0.25, 0.3) is 0 Å². The van der Waals surface area contributed by atoms with Crippen LogP contribution in [0.3, 0.4) is 0 Å². The van der Waals surface area contributed by atoms with E-state index in [2.05, 4.69) is 20.1 Å². The molecule has 2 N–H and O–H groups in total. The first-order valence-corrected chi connectivity index (χ1v) is 9.61. The van der Waals surface area contributed by atoms with Crippen molar-refractivity contribution in [3.8, 4) is 0 Å². The highest BCUT2D eigenvalue weighted by Crippen LogP contribution is 2.14. The molecule has 1 saturated heterocycles. The van der Waals surface area contributed by atoms with Gasteiger partial charge in [-0.1, -0.05) is 6.07 Å². The Morgan fingerprint density at radius 1 is 1.10 bits per heavy atom. The van der Waals surface area contributed by atoms with E-state index in [1.54, 1.807) is 6.20 Å². The van der Waals surface area contributed by atoms with Gasteiger partial charge in [-0.2, -0.15) is 0 Å². The minimum Gasteiger partial charge on any atom is -0.481 e. The van der Waals surface area contributed by atoms with Crippen molar-refractivity contribution in [2.75, 3.05) is 38.0 Å². The standard InChI is InChI=1S/C21H25FN4O3/c22-18-3-5-19(6-4-18)24-20(27)12-17(21(28)29)15-26-10-8-25(9-11-26)14-16-2-1-7-23-13-16/h1-7,13,17H,8-12,14-15H2,(H,24,27)(H,28,29). The van der Waals surface area contributed by atoms with Crippen LogP contribution in [0.15, 0.2) is 48.8 Å². The monoisotopic (exact) mass is 400 g/mol. The van der Waals surface area contributed by atoms with E-state index in [1.165, 1.54) is 24.3 Å². The summed E-state index contributed by atoms with van der Waals surface area (Å²) >= 11 is 0. The molecular weight excluding hydrogens is 375 g/mol. The summed E-state index contributed by atoms with van der Waals surface area (Å²) in [6.45, 7) is 4.33. The van der Waals surface area contributed by atoms with Crippen LogP contribution in [0.4, 0.5) is 10.1 Å². The number of amides is 1. The van der Waals surface area contributed by atoms with Gasteiger partial charge in [-0.3, -0.25) is 24.4 Å². The molecule has 8 heteroatoms. The summed E-state index contributed by atoms with van der Waals surface area (Å²) in [7, 11) is 0. The van der Waals surface area contributed by atoms with Crippen molar-refractivity contribution in [1.82, 2.24) is 14.8 Å². The molecule has 154 valence electrons. The number of nitrogens with one attached hydrogen (secondary N) is 1. The average molecular weight is 400 g/mol. The van der Waals surface area contributed by atoms with Gasteiger partial charge in [-0.15, -0.1) is 0 Å². The minimum atomic E-state index is -0.989. The van der Waals surface area contributed by atoms with Crippen LogP contribution in [-0.2, 0) is 16.1 Å². The van der Waals surface area contributed by atoms with E-state index in [0.717, 1.165) is 38.3 Å². The van der Waals surface area contributed by atoms with Crippen molar-refractivity contribution in [2.45, 2.75) is 13.0 Å². The number of aliphatic carboxylic acids is 1. The largest absolute Gasteiger partial charge is 0.481 e. The van der Waals surface area contributed by atoms with Crippen LogP contribution in [0.1, 0.15) is 12.0 Å². The fourth-order valence-corrected chi connectivity index (χ4v) is 3.39. The number of rotatable bonds is 8. The third kappa shape index (κ3) is 6.62. The van der Waals surface area contributed by atoms with E-state index in [1.807, 2.05) is 18.3 Å².